The molecule has 0 aromatic rings. The van der Waals surface area contributed by atoms with Gasteiger partial charge in [0.1, 0.15) is 0 Å². The quantitative estimate of drug-likeness (QED) is 0.713. The molecule has 0 aromatic carbocycles. The lowest BCUT2D eigenvalue weighted by molar-refractivity contribution is 0.0211. The second-order valence-electron chi connectivity index (χ2n) is 6.35. The Morgan fingerprint density at radius 1 is 1.22 bits per heavy atom. The Kier molecular flexibility index (Phi) is 5.50. The Morgan fingerprint density at radius 3 is 2.56 bits per heavy atom. The topological polar surface area (TPSA) is 21.3 Å². The zero-order chi connectivity index (χ0) is 13.0. The lowest BCUT2D eigenvalue weighted by atomic mass is 9.82. The van der Waals surface area contributed by atoms with Gasteiger partial charge in [-0.2, -0.15) is 0 Å². The molecule has 0 aliphatic heterocycles. The summed E-state index contributed by atoms with van der Waals surface area (Å²) in [4.78, 5) is 0. The van der Waals surface area contributed by atoms with Gasteiger partial charge < -0.3 is 10.1 Å². The lowest BCUT2D eigenvalue weighted by Crippen LogP contribution is -2.41. The van der Waals surface area contributed by atoms with Crippen molar-refractivity contribution in [2.45, 2.75) is 70.9 Å². The van der Waals surface area contributed by atoms with Crippen LogP contribution in [-0.2, 0) is 4.74 Å². The number of ether oxygens (including phenoxy) is 1. The van der Waals surface area contributed by atoms with Crippen molar-refractivity contribution < 1.29 is 4.74 Å². The summed E-state index contributed by atoms with van der Waals surface area (Å²) in [6.45, 7) is 5.22. The minimum atomic E-state index is 0.420. The zero-order valence-electron chi connectivity index (χ0n) is 12.5. The Hall–Kier alpha value is -0.0800. The SMILES string of the molecule is CCCC(OCC)C(CC1CC2CCC1C2)NC. The second kappa shape index (κ2) is 6.91. The first-order valence-electron chi connectivity index (χ1n) is 8.07. The van der Waals surface area contributed by atoms with Crippen LogP contribution in [0.1, 0.15) is 58.8 Å². The molecule has 1 N–H and O–H groups in total. The maximum absolute atomic E-state index is 5.96. The van der Waals surface area contributed by atoms with Gasteiger partial charge in [-0.05, 0) is 63.8 Å². The number of rotatable bonds is 8. The van der Waals surface area contributed by atoms with Crippen LogP contribution in [0, 0.1) is 17.8 Å². The average Bonchev–Trinajstić information content (AvgIpc) is 2.98. The maximum Gasteiger partial charge on any atom is 0.0727 e. The number of hydrogen-bond acceptors (Lipinski definition) is 2. The van der Waals surface area contributed by atoms with Gasteiger partial charge in [-0.3, -0.25) is 0 Å². The summed E-state index contributed by atoms with van der Waals surface area (Å²) in [5.74, 6) is 3.07. The van der Waals surface area contributed by atoms with Crippen molar-refractivity contribution in [3.8, 4) is 0 Å². The van der Waals surface area contributed by atoms with E-state index in [0.29, 0.717) is 12.1 Å². The lowest BCUT2D eigenvalue weighted by Gasteiger charge is -2.31. The van der Waals surface area contributed by atoms with Gasteiger partial charge in [0, 0.05) is 12.6 Å². The normalized spacial score (nSPS) is 33.8. The Balaban J connectivity index is 1.86. The third kappa shape index (κ3) is 3.27. The van der Waals surface area contributed by atoms with Crippen molar-refractivity contribution in [3.05, 3.63) is 0 Å². The van der Waals surface area contributed by atoms with Crippen LogP contribution in [0.4, 0.5) is 0 Å². The fourth-order valence-electron chi connectivity index (χ4n) is 4.35. The molecule has 2 bridgehead atoms. The monoisotopic (exact) mass is 253 g/mol. The molecule has 0 spiro atoms. The minimum Gasteiger partial charge on any atom is -0.377 e. The minimum absolute atomic E-state index is 0.420. The second-order valence-corrected chi connectivity index (χ2v) is 6.35. The molecule has 106 valence electrons. The third-order valence-corrected chi connectivity index (χ3v) is 5.21. The number of likely N-dealkylation sites (N-methyl/N-ethyl adjacent to an activating group) is 1. The van der Waals surface area contributed by atoms with Crippen LogP contribution in [0.2, 0.25) is 0 Å². The van der Waals surface area contributed by atoms with E-state index in [1.807, 2.05) is 0 Å². The first-order chi connectivity index (χ1) is 8.78. The standard InChI is InChI=1S/C16H31NO/c1-4-6-16(18-5-2)15(17-3)11-14-10-12-7-8-13(14)9-12/h12-17H,4-11H2,1-3H3. The zero-order valence-corrected chi connectivity index (χ0v) is 12.5. The predicted octanol–water partition coefficient (Wildman–Crippen LogP) is 3.61. The van der Waals surface area contributed by atoms with Crippen LogP contribution < -0.4 is 5.32 Å². The average molecular weight is 253 g/mol. The molecule has 18 heavy (non-hydrogen) atoms. The van der Waals surface area contributed by atoms with Gasteiger partial charge in [0.15, 0.2) is 0 Å². The van der Waals surface area contributed by atoms with E-state index in [-0.39, 0.29) is 0 Å². The summed E-state index contributed by atoms with van der Waals surface area (Å²) in [5.41, 5.74) is 0. The van der Waals surface area contributed by atoms with Gasteiger partial charge in [-0.25, -0.2) is 0 Å². The molecule has 5 unspecified atom stereocenters. The van der Waals surface area contributed by atoms with Gasteiger partial charge in [0.05, 0.1) is 6.10 Å². The summed E-state index contributed by atoms with van der Waals surface area (Å²) in [6, 6.07) is 0.564. The van der Waals surface area contributed by atoms with Gasteiger partial charge in [0.2, 0.25) is 0 Å². The van der Waals surface area contributed by atoms with E-state index in [2.05, 4.69) is 26.2 Å². The van der Waals surface area contributed by atoms with E-state index in [0.717, 1.165) is 24.4 Å². The fraction of sp³-hybridized carbons (Fsp3) is 1.00. The molecule has 2 rings (SSSR count). The molecule has 2 nitrogen and oxygen atoms in total. The van der Waals surface area contributed by atoms with Crippen molar-refractivity contribution in [2.75, 3.05) is 13.7 Å². The van der Waals surface area contributed by atoms with Crippen LogP contribution in [-0.4, -0.2) is 25.8 Å². The van der Waals surface area contributed by atoms with E-state index in [9.17, 15) is 0 Å². The Labute approximate surface area is 113 Å². The summed E-state index contributed by atoms with van der Waals surface area (Å²) in [5, 5.41) is 3.53. The van der Waals surface area contributed by atoms with Gasteiger partial charge >= 0.3 is 0 Å². The highest BCUT2D eigenvalue weighted by molar-refractivity contribution is 4.92. The first-order valence-corrected chi connectivity index (χ1v) is 8.07. The van der Waals surface area contributed by atoms with Crippen molar-refractivity contribution in [3.63, 3.8) is 0 Å². The molecule has 2 fully saturated rings. The summed E-state index contributed by atoms with van der Waals surface area (Å²) in [7, 11) is 2.11. The molecule has 0 radical (unpaired) electrons. The van der Waals surface area contributed by atoms with Crippen LogP contribution in [0.25, 0.3) is 0 Å². The van der Waals surface area contributed by atoms with Crippen LogP contribution in [0.3, 0.4) is 0 Å². The molecule has 2 saturated carbocycles. The van der Waals surface area contributed by atoms with E-state index in [4.69, 9.17) is 4.74 Å². The largest absolute Gasteiger partial charge is 0.377 e. The highest BCUT2D eigenvalue weighted by Gasteiger charge is 2.40. The molecule has 2 heteroatoms. The smallest absolute Gasteiger partial charge is 0.0727 e. The summed E-state index contributed by atoms with van der Waals surface area (Å²) < 4.78 is 5.96. The summed E-state index contributed by atoms with van der Waals surface area (Å²) >= 11 is 0. The molecule has 5 atom stereocenters. The molecule has 2 aliphatic rings. The van der Waals surface area contributed by atoms with Gasteiger partial charge in [0.25, 0.3) is 0 Å². The maximum atomic E-state index is 5.96. The van der Waals surface area contributed by atoms with E-state index < -0.39 is 0 Å². The van der Waals surface area contributed by atoms with E-state index in [1.165, 1.54) is 44.9 Å². The molecular weight excluding hydrogens is 222 g/mol. The Bertz CT molecular complexity index is 237. The highest BCUT2D eigenvalue weighted by atomic mass is 16.5. The highest BCUT2D eigenvalue weighted by Crippen LogP contribution is 2.50. The number of fused-ring (bicyclic) bond motifs is 2. The first kappa shape index (κ1) is 14.3. The molecule has 0 aromatic heterocycles. The Morgan fingerprint density at radius 2 is 2.06 bits per heavy atom. The molecule has 0 amide bonds. The van der Waals surface area contributed by atoms with Crippen LogP contribution >= 0.6 is 0 Å². The number of nitrogens with one attached hydrogen (secondary N) is 1. The fourth-order valence-corrected chi connectivity index (χ4v) is 4.35. The van der Waals surface area contributed by atoms with E-state index >= 15 is 0 Å². The van der Waals surface area contributed by atoms with E-state index in [1.54, 1.807) is 0 Å². The van der Waals surface area contributed by atoms with Crippen molar-refractivity contribution in [1.82, 2.24) is 5.32 Å². The van der Waals surface area contributed by atoms with Gasteiger partial charge in [-0.15, -0.1) is 0 Å². The van der Waals surface area contributed by atoms with Gasteiger partial charge in [-0.1, -0.05) is 19.8 Å². The molecule has 2 aliphatic carbocycles. The predicted molar refractivity (Wildman–Crippen MR) is 76.7 cm³/mol. The van der Waals surface area contributed by atoms with Crippen LogP contribution in [0.5, 0.6) is 0 Å². The molecule has 0 saturated heterocycles. The van der Waals surface area contributed by atoms with Crippen LogP contribution in [0.15, 0.2) is 0 Å². The molecule has 0 heterocycles. The third-order valence-electron chi connectivity index (χ3n) is 5.21. The molecular formula is C16H31NO. The van der Waals surface area contributed by atoms with Crippen molar-refractivity contribution >= 4 is 0 Å². The number of hydrogen-bond donors (Lipinski definition) is 1. The van der Waals surface area contributed by atoms with Crippen molar-refractivity contribution in [2.24, 2.45) is 17.8 Å². The summed E-state index contributed by atoms with van der Waals surface area (Å²) in [6.07, 6.45) is 10.2. The van der Waals surface area contributed by atoms with Crippen molar-refractivity contribution in [1.29, 1.82) is 0 Å².